The molecule has 1 aliphatic carbocycles. The minimum Gasteiger partial charge on any atom is -0.399 e. The lowest BCUT2D eigenvalue weighted by molar-refractivity contribution is 1.36. The molecule has 0 spiro atoms. The third-order valence-corrected chi connectivity index (χ3v) is 9.39. The highest BCUT2D eigenvalue weighted by Crippen LogP contribution is 2.44. The summed E-state index contributed by atoms with van der Waals surface area (Å²) in [4.78, 5) is 4.28. The third kappa shape index (κ3) is 6.11. The number of nitrogen functional groups attached to an aromatic ring is 1. The molecular weight excluding hydrogens is 621 g/mol. The average Bonchev–Trinajstić information content (AvgIpc) is 3.18. The van der Waals surface area contributed by atoms with Crippen LogP contribution in [0.1, 0.15) is 5.56 Å². The van der Waals surface area contributed by atoms with Crippen molar-refractivity contribution >= 4 is 55.0 Å². The van der Waals surface area contributed by atoms with Crippen LogP contribution >= 0.6 is 0 Å². The van der Waals surface area contributed by atoms with Crippen molar-refractivity contribution in [1.29, 1.82) is 10.8 Å². The summed E-state index contributed by atoms with van der Waals surface area (Å²) in [6, 6.07) is 52.6. The van der Waals surface area contributed by atoms with Crippen molar-refractivity contribution in [2.45, 2.75) is 0 Å². The molecule has 8 aromatic rings. The van der Waals surface area contributed by atoms with Crippen molar-refractivity contribution in [1.82, 2.24) is 4.98 Å². The van der Waals surface area contributed by atoms with Crippen molar-refractivity contribution < 1.29 is 0 Å². The Balaban J connectivity index is 0.000000184. The first-order valence-electron chi connectivity index (χ1n) is 16.9. The van der Waals surface area contributed by atoms with E-state index in [1.165, 1.54) is 43.6 Å². The predicted molar refractivity (Wildman–Crippen MR) is 216 cm³/mol. The van der Waals surface area contributed by atoms with Crippen LogP contribution in [-0.4, -0.2) is 16.4 Å². The first kappa shape index (κ1) is 31.4. The number of nitrogens with two attached hydrogens (primary N) is 1. The highest BCUT2D eigenvalue weighted by Gasteiger charge is 2.17. The summed E-state index contributed by atoms with van der Waals surface area (Å²) in [5.41, 5.74) is 16.1. The fourth-order valence-electron chi connectivity index (χ4n) is 6.94. The number of nitrogens with one attached hydrogen (secondary N) is 2. The third-order valence-electron chi connectivity index (χ3n) is 9.39. The number of aromatic nitrogens is 1. The van der Waals surface area contributed by atoms with E-state index in [1.54, 1.807) is 12.2 Å². The molecule has 9 rings (SSSR count). The maximum atomic E-state index is 8.06. The van der Waals surface area contributed by atoms with Crippen molar-refractivity contribution in [2.75, 3.05) is 5.73 Å². The number of hydrogen-bond donors (Lipinski definition) is 3. The minimum atomic E-state index is 0.242. The fraction of sp³-hybridized carbons (Fsp3) is 0. The number of pyridine rings is 1. The second-order valence-corrected chi connectivity index (χ2v) is 12.6. The van der Waals surface area contributed by atoms with Crippen molar-refractivity contribution in [3.05, 3.63) is 188 Å². The molecule has 4 nitrogen and oxygen atoms in total. The van der Waals surface area contributed by atoms with E-state index in [2.05, 4.69) is 120 Å². The van der Waals surface area contributed by atoms with E-state index < -0.39 is 0 Å². The molecule has 51 heavy (non-hydrogen) atoms. The van der Waals surface area contributed by atoms with Crippen LogP contribution in [0.2, 0.25) is 0 Å². The van der Waals surface area contributed by atoms with Gasteiger partial charge in [0.1, 0.15) is 0 Å². The van der Waals surface area contributed by atoms with Crippen LogP contribution in [0.3, 0.4) is 0 Å². The van der Waals surface area contributed by atoms with Gasteiger partial charge < -0.3 is 5.73 Å². The zero-order valence-electron chi connectivity index (χ0n) is 27.8. The van der Waals surface area contributed by atoms with E-state index in [0.717, 1.165) is 38.9 Å². The molecule has 0 saturated carbocycles. The molecule has 0 saturated heterocycles. The van der Waals surface area contributed by atoms with Crippen molar-refractivity contribution in [3.8, 4) is 33.4 Å². The Labute approximate surface area is 296 Å². The van der Waals surface area contributed by atoms with Gasteiger partial charge in [0.25, 0.3) is 0 Å². The second-order valence-electron chi connectivity index (χ2n) is 12.6. The number of benzene rings is 7. The summed E-state index contributed by atoms with van der Waals surface area (Å²) in [6.45, 7) is 0. The Hall–Kier alpha value is -6.91. The minimum absolute atomic E-state index is 0.242. The van der Waals surface area contributed by atoms with Gasteiger partial charge in [-0.3, -0.25) is 15.8 Å². The van der Waals surface area contributed by atoms with Crippen LogP contribution < -0.4 is 5.73 Å². The molecule has 0 radical (unpaired) electrons. The summed E-state index contributed by atoms with van der Waals surface area (Å²) in [6.07, 6.45) is 9.18. The lowest BCUT2D eigenvalue weighted by atomic mass is 9.85. The SMILES string of the molecule is N=C1C=CC(c2cccc(-c3c4ccccc4c(-c4ccccc4)c4ccccc34)c2)=CC1=N.Nc1ccc(-c2cncc3ccccc23)cc1. The van der Waals surface area contributed by atoms with E-state index in [1.807, 2.05) is 54.9 Å². The van der Waals surface area contributed by atoms with Crippen LogP contribution in [-0.2, 0) is 0 Å². The van der Waals surface area contributed by atoms with Gasteiger partial charge in [-0.2, -0.15) is 0 Å². The normalized spacial score (nSPS) is 12.5. The van der Waals surface area contributed by atoms with Crippen LogP contribution in [0.15, 0.2) is 182 Å². The zero-order valence-corrected chi connectivity index (χ0v) is 27.8. The van der Waals surface area contributed by atoms with Crippen molar-refractivity contribution in [2.24, 2.45) is 0 Å². The zero-order chi connectivity index (χ0) is 34.7. The standard InChI is InChI=1S/C32H22N2.C15H12N2/c33-29-18-17-23(20-30(29)34)22-11-8-12-24(19-22)32-27-15-6-4-13-25(27)31(21-9-2-1-3-10-21)26-14-5-7-16-28(26)32;16-13-7-5-11(6-8-13)15-10-17-9-12-3-1-2-4-14(12)15/h1-20,33-34H;1-10H,16H2. The molecule has 0 atom stereocenters. The van der Waals surface area contributed by atoms with Gasteiger partial charge in [0, 0.05) is 29.0 Å². The van der Waals surface area contributed by atoms with E-state index in [9.17, 15) is 0 Å². The van der Waals surface area contributed by atoms with E-state index in [4.69, 9.17) is 16.6 Å². The largest absolute Gasteiger partial charge is 0.399 e. The van der Waals surface area contributed by atoms with Crippen LogP contribution in [0, 0.1) is 10.8 Å². The molecule has 242 valence electrons. The molecule has 4 heteroatoms. The molecule has 0 unspecified atom stereocenters. The Kier molecular flexibility index (Phi) is 8.33. The summed E-state index contributed by atoms with van der Waals surface area (Å²) in [5.74, 6) is 0. The van der Waals surface area contributed by atoms with Crippen molar-refractivity contribution in [3.63, 3.8) is 0 Å². The maximum Gasteiger partial charge on any atom is 0.0795 e. The second kappa shape index (κ2) is 13.5. The molecule has 0 aliphatic heterocycles. The number of nitrogens with zero attached hydrogens (tertiary/aromatic N) is 1. The molecule has 1 aromatic heterocycles. The molecule has 7 aromatic carbocycles. The summed E-state index contributed by atoms with van der Waals surface area (Å²) in [5, 5.41) is 23.2. The van der Waals surface area contributed by atoms with E-state index >= 15 is 0 Å². The maximum absolute atomic E-state index is 8.06. The van der Waals surface area contributed by atoms with Gasteiger partial charge in [-0.15, -0.1) is 0 Å². The highest BCUT2D eigenvalue weighted by atomic mass is 14.6. The monoisotopic (exact) mass is 654 g/mol. The van der Waals surface area contributed by atoms with Crippen LogP contribution in [0.4, 0.5) is 5.69 Å². The molecule has 0 bridgehead atoms. The molecule has 0 amide bonds. The van der Waals surface area contributed by atoms with Crippen LogP contribution in [0.25, 0.3) is 71.3 Å². The number of anilines is 1. The average molecular weight is 655 g/mol. The Morgan fingerprint density at radius 2 is 0.980 bits per heavy atom. The van der Waals surface area contributed by atoms with Gasteiger partial charge in [0.2, 0.25) is 0 Å². The molecule has 1 heterocycles. The number of fused-ring (bicyclic) bond motifs is 3. The molecule has 4 N–H and O–H groups in total. The smallest absolute Gasteiger partial charge is 0.0795 e. The molecule has 1 aliphatic rings. The van der Waals surface area contributed by atoms with Crippen LogP contribution in [0.5, 0.6) is 0 Å². The Morgan fingerprint density at radius 3 is 1.63 bits per heavy atom. The summed E-state index contributed by atoms with van der Waals surface area (Å²) >= 11 is 0. The van der Waals surface area contributed by atoms with Gasteiger partial charge in [0.05, 0.1) is 11.4 Å². The van der Waals surface area contributed by atoms with Gasteiger partial charge in [-0.05, 0) is 96.2 Å². The first-order chi connectivity index (χ1) is 25.0. The lowest BCUT2D eigenvalue weighted by Crippen LogP contribution is -2.09. The van der Waals surface area contributed by atoms with Gasteiger partial charge in [0.15, 0.2) is 0 Å². The van der Waals surface area contributed by atoms with Gasteiger partial charge in [-0.1, -0.05) is 140 Å². The lowest BCUT2D eigenvalue weighted by Gasteiger charge is -2.18. The topological polar surface area (TPSA) is 86.6 Å². The van der Waals surface area contributed by atoms with Gasteiger partial charge in [-0.25, -0.2) is 0 Å². The number of rotatable bonds is 4. The highest BCUT2D eigenvalue weighted by molar-refractivity contribution is 6.50. The fourth-order valence-corrected chi connectivity index (χ4v) is 6.94. The molecule has 0 fully saturated rings. The van der Waals surface area contributed by atoms with E-state index in [0.29, 0.717) is 0 Å². The summed E-state index contributed by atoms with van der Waals surface area (Å²) in [7, 11) is 0. The number of allylic oxidation sites excluding steroid dienone is 4. The first-order valence-corrected chi connectivity index (χ1v) is 16.9. The summed E-state index contributed by atoms with van der Waals surface area (Å²) < 4.78 is 0. The number of hydrogen-bond acceptors (Lipinski definition) is 4. The Bertz CT molecular complexity index is 2610. The molecular formula is C47H34N4. The van der Waals surface area contributed by atoms with Gasteiger partial charge >= 0.3 is 0 Å². The van der Waals surface area contributed by atoms with E-state index in [-0.39, 0.29) is 11.4 Å². The quantitative estimate of drug-likeness (QED) is 0.100. The Morgan fingerprint density at radius 1 is 0.431 bits per heavy atom. The predicted octanol–water partition coefficient (Wildman–Crippen LogP) is 11.8.